The normalized spacial score (nSPS) is 11.2. The number of carbonyl (C=O) groups is 1. The van der Waals surface area contributed by atoms with Crippen molar-refractivity contribution in [3.63, 3.8) is 0 Å². The molecule has 8 nitrogen and oxygen atoms in total. The third-order valence-corrected chi connectivity index (χ3v) is 5.71. The number of amides is 1. The Hall–Kier alpha value is -3.33. The van der Waals surface area contributed by atoms with Crippen molar-refractivity contribution in [2.45, 2.75) is 20.3 Å². The highest BCUT2D eigenvalue weighted by Crippen LogP contribution is 2.17. The molecule has 0 bridgehead atoms. The quantitative estimate of drug-likeness (QED) is 0.552. The standard InChI is InChI=1S/C20H22N4O4S/c1-3-11-29(27,28)23-16-9-7-15(8-10-16)19(25)22-17-5-4-6-18(12-17)24-14(2)13-21-20(24)26/h4-10,12-13,23H,3,11H2,1-2H3,(H,21,26)(H,22,25). The summed E-state index contributed by atoms with van der Waals surface area (Å²) in [4.78, 5) is 27.1. The first-order valence-electron chi connectivity index (χ1n) is 9.08. The molecule has 0 aliphatic rings. The average Bonchev–Trinajstić information content (AvgIpc) is 3.00. The summed E-state index contributed by atoms with van der Waals surface area (Å²) in [5.74, 6) is -0.307. The second-order valence-corrected chi connectivity index (χ2v) is 8.42. The lowest BCUT2D eigenvalue weighted by Gasteiger charge is -2.10. The number of nitrogens with one attached hydrogen (secondary N) is 3. The molecule has 152 valence electrons. The molecule has 1 heterocycles. The van der Waals surface area contributed by atoms with Crippen LogP contribution in [0.1, 0.15) is 29.4 Å². The number of carbonyl (C=O) groups excluding carboxylic acids is 1. The van der Waals surface area contributed by atoms with Crippen molar-refractivity contribution in [3.05, 3.63) is 76.5 Å². The number of aromatic amines is 1. The van der Waals surface area contributed by atoms with E-state index in [0.717, 1.165) is 5.69 Å². The van der Waals surface area contributed by atoms with Crippen LogP contribution in [-0.2, 0) is 10.0 Å². The van der Waals surface area contributed by atoms with E-state index in [2.05, 4.69) is 15.0 Å². The SMILES string of the molecule is CCCS(=O)(=O)Nc1ccc(C(=O)Nc2cccc(-n3c(C)c[nH]c3=O)c2)cc1. The maximum Gasteiger partial charge on any atom is 0.330 e. The van der Waals surface area contributed by atoms with Crippen LogP contribution in [0.25, 0.3) is 5.69 Å². The maximum absolute atomic E-state index is 12.5. The third-order valence-electron chi connectivity index (χ3n) is 4.22. The van der Waals surface area contributed by atoms with Crippen molar-refractivity contribution >= 4 is 27.3 Å². The van der Waals surface area contributed by atoms with Crippen LogP contribution >= 0.6 is 0 Å². The molecule has 3 N–H and O–H groups in total. The van der Waals surface area contributed by atoms with Crippen LogP contribution in [0.3, 0.4) is 0 Å². The molecular weight excluding hydrogens is 392 g/mol. The number of rotatable bonds is 7. The molecule has 0 unspecified atom stereocenters. The zero-order valence-electron chi connectivity index (χ0n) is 16.1. The molecule has 2 aromatic carbocycles. The zero-order valence-corrected chi connectivity index (χ0v) is 16.9. The minimum atomic E-state index is -3.38. The predicted molar refractivity (Wildman–Crippen MR) is 113 cm³/mol. The first kappa shape index (κ1) is 20.4. The summed E-state index contributed by atoms with van der Waals surface area (Å²) in [6.07, 6.45) is 2.13. The Morgan fingerprint density at radius 3 is 2.45 bits per heavy atom. The number of hydrogen-bond donors (Lipinski definition) is 3. The van der Waals surface area contributed by atoms with E-state index in [1.54, 1.807) is 68.6 Å². The van der Waals surface area contributed by atoms with E-state index in [1.807, 2.05) is 0 Å². The van der Waals surface area contributed by atoms with Gasteiger partial charge in [-0.15, -0.1) is 0 Å². The molecule has 0 aliphatic heterocycles. The van der Waals surface area contributed by atoms with Gasteiger partial charge in [0.25, 0.3) is 5.91 Å². The second-order valence-electron chi connectivity index (χ2n) is 6.57. The van der Waals surface area contributed by atoms with Gasteiger partial charge in [-0.05, 0) is 55.8 Å². The van der Waals surface area contributed by atoms with Crippen LogP contribution in [0.15, 0.2) is 59.5 Å². The fraction of sp³-hybridized carbons (Fsp3) is 0.200. The van der Waals surface area contributed by atoms with E-state index < -0.39 is 10.0 Å². The first-order chi connectivity index (χ1) is 13.8. The topological polar surface area (TPSA) is 113 Å². The van der Waals surface area contributed by atoms with Crippen molar-refractivity contribution < 1.29 is 13.2 Å². The summed E-state index contributed by atoms with van der Waals surface area (Å²) >= 11 is 0. The van der Waals surface area contributed by atoms with E-state index in [-0.39, 0.29) is 17.3 Å². The Labute approximate surface area is 168 Å². The van der Waals surface area contributed by atoms with Crippen LogP contribution in [0.5, 0.6) is 0 Å². The number of anilines is 2. The van der Waals surface area contributed by atoms with E-state index in [0.29, 0.717) is 29.0 Å². The number of H-pyrrole nitrogens is 1. The molecule has 0 radical (unpaired) electrons. The third kappa shape index (κ3) is 4.94. The number of nitrogens with zero attached hydrogens (tertiary/aromatic N) is 1. The lowest BCUT2D eigenvalue weighted by Crippen LogP contribution is -2.17. The molecule has 0 saturated heterocycles. The molecular formula is C20H22N4O4S. The predicted octanol–water partition coefficient (Wildman–Crippen LogP) is 2.88. The summed E-state index contributed by atoms with van der Waals surface area (Å²) in [7, 11) is -3.38. The molecule has 0 spiro atoms. The summed E-state index contributed by atoms with van der Waals surface area (Å²) < 4.78 is 27.6. The smallest absolute Gasteiger partial charge is 0.322 e. The van der Waals surface area contributed by atoms with Gasteiger partial charge in [-0.1, -0.05) is 13.0 Å². The van der Waals surface area contributed by atoms with Crippen LogP contribution in [0.4, 0.5) is 11.4 Å². The van der Waals surface area contributed by atoms with Gasteiger partial charge < -0.3 is 10.3 Å². The van der Waals surface area contributed by atoms with Crippen molar-refractivity contribution in [1.82, 2.24) is 9.55 Å². The average molecular weight is 414 g/mol. The van der Waals surface area contributed by atoms with Gasteiger partial charge in [-0.2, -0.15) is 0 Å². The van der Waals surface area contributed by atoms with Crippen LogP contribution in [0, 0.1) is 6.92 Å². The Kier molecular flexibility index (Phi) is 5.88. The van der Waals surface area contributed by atoms with Crippen molar-refractivity contribution in [1.29, 1.82) is 0 Å². The zero-order chi connectivity index (χ0) is 21.0. The number of imidazole rings is 1. The fourth-order valence-corrected chi connectivity index (χ4v) is 4.03. The molecule has 3 aromatic rings. The Balaban J connectivity index is 1.74. The lowest BCUT2D eigenvalue weighted by molar-refractivity contribution is 0.102. The summed E-state index contributed by atoms with van der Waals surface area (Å²) in [5.41, 5.74) is 2.44. The minimum absolute atomic E-state index is 0.0370. The highest BCUT2D eigenvalue weighted by atomic mass is 32.2. The number of benzene rings is 2. The molecule has 0 saturated carbocycles. The van der Waals surface area contributed by atoms with E-state index in [9.17, 15) is 18.0 Å². The number of hydrogen-bond acceptors (Lipinski definition) is 4. The van der Waals surface area contributed by atoms with Crippen LogP contribution in [-0.4, -0.2) is 29.6 Å². The van der Waals surface area contributed by atoms with E-state index in [4.69, 9.17) is 0 Å². The summed E-state index contributed by atoms with van der Waals surface area (Å²) in [5, 5.41) is 2.78. The number of aromatic nitrogens is 2. The maximum atomic E-state index is 12.5. The fourth-order valence-electron chi connectivity index (χ4n) is 2.89. The summed E-state index contributed by atoms with van der Waals surface area (Å²) in [6, 6.07) is 13.1. The second kappa shape index (κ2) is 8.36. The van der Waals surface area contributed by atoms with Crippen molar-refractivity contribution in [3.8, 4) is 5.69 Å². The van der Waals surface area contributed by atoms with Crippen LogP contribution < -0.4 is 15.7 Å². The van der Waals surface area contributed by atoms with Crippen LogP contribution in [0.2, 0.25) is 0 Å². The minimum Gasteiger partial charge on any atom is -0.322 e. The molecule has 29 heavy (non-hydrogen) atoms. The van der Waals surface area contributed by atoms with Gasteiger partial charge >= 0.3 is 5.69 Å². The highest BCUT2D eigenvalue weighted by molar-refractivity contribution is 7.92. The van der Waals surface area contributed by atoms with Gasteiger partial charge in [0.05, 0.1) is 11.4 Å². The highest BCUT2D eigenvalue weighted by Gasteiger charge is 2.11. The number of sulfonamides is 1. The molecule has 9 heteroatoms. The van der Waals surface area contributed by atoms with Crippen molar-refractivity contribution in [2.75, 3.05) is 15.8 Å². The van der Waals surface area contributed by atoms with E-state index in [1.165, 1.54) is 4.57 Å². The van der Waals surface area contributed by atoms with Gasteiger partial charge in [0, 0.05) is 28.8 Å². The number of aryl methyl sites for hydroxylation is 1. The molecule has 1 aromatic heterocycles. The van der Waals surface area contributed by atoms with E-state index >= 15 is 0 Å². The van der Waals surface area contributed by atoms with Crippen molar-refractivity contribution in [2.24, 2.45) is 0 Å². The van der Waals surface area contributed by atoms with Gasteiger partial charge in [0.1, 0.15) is 0 Å². The molecule has 0 atom stereocenters. The molecule has 3 rings (SSSR count). The largest absolute Gasteiger partial charge is 0.330 e. The van der Waals surface area contributed by atoms with Gasteiger partial charge in [-0.3, -0.25) is 14.1 Å². The first-order valence-corrected chi connectivity index (χ1v) is 10.7. The Morgan fingerprint density at radius 1 is 1.10 bits per heavy atom. The summed E-state index contributed by atoms with van der Waals surface area (Å²) in [6.45, 7) is 3.59. The molecule has 0 aliphatic carbocycles. The van der Waals surface area contributed by atoms with Gasteiger partial charge in [-0.25, -0.2) is 13.2 Å². The lowest BCUT2D eigenvalue weighted by atomic mass is 10.2. The van der Waals surface area contributed by atoms with Gasteiger partial charge in [0.2, 0.25) is 10.0 Å². The molecule has 1 amide bonds. The molecule has 0 fully saturated rings. The Morgan fingerprint density at radius 2 is 1.83 bits per heavy atom. The Bertz CT molecular complexity index is 1180. The van der Waals surface area contributed by atoms with Gasteiger partial charge in [0.15, 0.2) is 0 Å². The monoisotopic (exact) mass is 414 g/mol.